The van der Waals surface area contributed by atoms with Gasteiger partial charge in [0, 0.05) is 18.9 Å². The zero-order valence-electron chi connectivity index (χ0n) is 16.1. The van der Waals surface area contributed by atoms with Crippen molar-refractivity contribution in [2.45, 2.75) is 12.3 Å². The summed E-state index contributed by atoms with van der Waals surface area (Å²) < 4.78 is 32.1. The Kier molecular flexibility index (Phi) is 5.76. The predicted octanol–water partition coefficient (Wildman–Crippen LogP) is 5.25. The molecule has 1 aliphatic carbocycles. The van der Waals surface area contributed by atoms with Crippen molar-refractivity contribution >= 4 is 6.09 Å². The Morgan fingerprint density at radius 1 is 0.967 bits per heavy atom. The van der Waals surface area contributed by atoms with Gasteiger partial charge < -0.3 is 10.1 Å². The van der Waals surface area contributed by atoms with Crippen molar-refractivity contribution in [3.8, 4) is 23.0 Å². The van der Waals surface area contributed by atoms with E-state index in [-0.39, 0.29) is 24.6 Å². The molecule has 0 spiro atoms. The Bertz CT molecular complexity index is 1100. The third kappa shape index (κ3) is 4.18. The van der Waals surface area contributed by atoms with E-state index in [1.54, 1.807) is 0 Å². The number of ether oxygens (including phenoxy) is 1. The number of hydrogen-bond acceptors (Lipinski definition) is 2. The average Bonchev–Trinajstić information content (AvgIpc) is 3.08. The summed E-state index contributed by atoms with van der Waals surface area (Å²) in [6.07, 6.45) is -0.240. The summed E-state index contributed by atoms with van der Waals surface area (Å²) in [7, 11) is 0. The summed E-state index contributed by atoms with van der Waals surface area (Å²) >= 11 is 0. The molecule has 5 heteroatoms. The normalized spacial score (nSPS) is 11.8. The van der Waals surface area contributed by atoms with Crippen LogP contribution in [0.1, 0.15) is 29.0 Å². The molecule has 3 aromatic carbocycles. The number of nitrogens with one attached hydrogen (secondary N) is 1. The van der Waals surface area contributed by atoms with Crippen molar-refractivity contribution in [2.75, 3.05) is 13.2 Å². The van der Waals surface area contributed by atoms with E-state index in [2.05, 4.69) is 41.4 Å². The van der Waals surface area contributed by atoms with E-state index < -0.39 is 17.7 Å². The lowest BCUT2D eigenvalue weighted by Gasteiger charge is -2.14. The van der Waals surface area contributed by atoms with Gasteiger partial charge in [0.15, 0.2) is 0 Å². The molecule has 30 heavy (non-hydrogen) atoms. The van der Waals surface area contributed by atoms with Crippen LogP contribution in [0, 0.1) is 23.5 Å². The molecule has 0 aliphatic heterocycles. The van der Waals surface area contributed by atoms with Gasteiger partial charge >= 0.3 is 6.09 Å². The van der Waals surface area contributed by atoms with E-state index in [0.29, 0.717) is 6.42 Å². The standard InChI is InChI=1S/C25H19F2NO2/c26-18-12-13-24(27)17(15-18)7-5-6-14-28-25(29)30-16-23-21-10-3-1-8-19(21)20-9-2-4-11-22(20)23/h1-4,8-13,15,23H,6,14,16H2,(H,28,29). The number of alkyl carbamates (subject to hydrolysis) is 1. The van der Waals surface area contributed by atoms with Crippen LogP contribution in [0.5, 0.6) is 0 Å². The molecule has 0 aromatic heterocycles. The second-order valence-corrected chi connectivity index (χ2v) is 6.93. The Morgan fingerprint density at radius 3 is 2.33 bits per heavy atom. The van der Waals surface area contributed by atoms with Crippen LogP contribution in [0.2, 0.25) is 0 Å². The van der Waals surface area contributed by atoms with Gasteiger partial charge in [-0.2, -0.15) is 0 Å². The first-order chi connectivity index (χ1) is 14.6. The van der Waals surface area contributed by atoms with Crippen LogP contribution in [0.15, 0.2) is 66.7 Å². The number of amides is 1. The Balaban J connectivity index is 1.30. The minimum Gasteiger partial charge on any atom is -0.449 e. The molecule has 0 radical (unpaired) electrons. The lowest BCUT2D eigenvalue weighted by atomic mass is 9.98. The molecule has 4 rings (SSSR count). The zero-order chi connectivity index (χ0) is 20.9. The quantitative estimate of drug-likeness (QED) is 0.478. The van der Waals surface area contributed by atoms with Crippen molar-refractivity contribution < 1.29 is 18.3 Å². The minimum atomic E-state index is -0.576. The summed E-state index contributed by atoms with van der Waals surface area (Å²) in [6, 6.07) is 19.4. The van der Waals surface area contributed by atoms with Gasteiger partial charge in [0.05, 0.1) is 5.56 Å². The lowest BCUT2D eigenvalue weighted by molar-refractivity contribution is 0.143. The van der Waals surface area contributed by atoms with Crippen molar-refractivity contribution in [2.24, 2.45) is 0 Å². The molecule has 0 unspecified atom stereocenters. The van der Waals surface area contributed by atoms with E-state index in [1.165, 1.54) is 11.1 Å². The van der Waals surface area contributed by atoms with Crippen LogP contribution in [-0.4, -0.2) is 19.2 Å². The van der Waals surface area contributed by atoms with Crippen LogP contribution in [0.3, 0.4) is 0 Å². The second-order valence-electron chi connectivity index (χ2n) is 6.93. The number of hydrogen-bond donors (Lipinski definition) is 1. The first-order valence-electron chi connectivity index (χ1n) is 9.66. The number of carbonyl (C=O) groups is 1. The van der Waals surface area contributed by atoms with Crippen LogP contribution in [0.25, 0.3) is 11.1 Å². The van der Waals surface area contributed by atoms with E-state index in [1.807, 2.05) is 24.3 Å². The lowest BCUT2D eigenvalue weighted by Crippen LogP contribution is -2.26. The van der Waals surface area contributed by atoms with Gasteiger partial charge in [0.25, 0.3) is 0 Å². The maximum atomic E-state index is 13.5. The molecular weight excluding hydrogens is 384 g/mol. The van der Waals surface area contributed by atoms with E-state index in [4.69, 9.17) is 4.74 Å². The number of benzene rings is 3. The monoisotopic (exact) mass is 403 g/mol. The summed E-state index contributed by atoms with van der Waals surface area (Å²) in [4.78, 5) is 12.1. The average molecular weight is 403 g/mol. The van der Waals surface area contributed by atoms with Gasteiger partial charge in [-0.25, -0.2) is 13.6 Å². The van der Waals surface area contributed by atoms with Gasteiger partial charge in [-0.15, -0.1) is 0 Å². The number of halogens is 2. The largest absolute Gasteiger partial charge is 0.449 e. The summed E-state index contributed by atoms with van der Waals surface area (Å²) in [5.74, 6) is 4.17. The topological polar surface area (TPSA) is 38.3 Å². The van der Waals surface area contributed by atoms with Gasteiger partial charge in [0.1, 0.15) is 18.2 Å². The molecule has 0 fully saturated rings. The summed E-state index contributed by atoms with van der Waals surface area (Å²) in [6.45, 7) is 0.487. The fourth-order valence-electron chi connectivity index (χ4n) is 3.63. The van der Waals surface area contributed by atoms with Crippen molar-refractivity contribution in [1.82, 2.24) is 5.32 Å². The minimum absolute atomic E-state index is 0.00102. The molecule has 3 aromatic rings. The van der Waals surface area contributed by atoms with Crippen molar-refractivity contribution in [3.05, 3.63) is 95.1 Å². The highest BCUT2D eigenvalue weighted by Gasteiger charge is 2.28. The van der Waals surface area contributed by atoms with Gasteiger partial charge in [0.2, 0.25) is 0 Å². The van der Waals surface area contributed by atoms with Crippen LogP contribution in [-0.2, 0) is 4.74 Å². The maximum absolute atomic E-state index is 13.5. The molecule has 3 nitrogen and oxygen atoms in total. The smallest absolute Gasteiger partial charge is 0.407 e. The van der Waals surface area contributed by atoms with Crippen molar-refractivity contribution in [3.63, 3.8) is 0 Å². The molecular formula is C25H19F2NO2. The Labute approximate surface area is 173 Å². The molecule has 1 amide bonds. The highest BCUT2D eigenvalue weighted by atomic mass is 19.1. The van der Waals surface area contributed by atoms with E-state index >= 15 is 0 Å². The highest BCUT2D eigenvalue weighted by Crippen LogP contribution is 2.44. The van der Waals surface area contributed by atoms with E-state index in [0.717, 1.165) is 29.3 Å². The van der Waals surface area contributed by atoms with Crippen LogP contribution >= 0.6 is 0 Å². The molecule has 0 heterocycles. The highest BCUT2D eigenvalue weighted by molar-refractivity contribution is 5.79. The molecule has 150 valence electrons. The van der Waals surface area contributed by atoms with Crippen LogP contribution < -0.4 is 5.32 Å². The van der Waals surface area contributed by atoms with Gasteiger partial charge in [-0.1, -0.05) is 60.4 Å². The number of carbonyl (C=O) groups excluding carboxylic acids is 1. The van der Waals surface area contributed by atoms with Crippen molar-refractivity contribution in [1.29, 1.82) is 0 Å². The molecule has 0 bridgehead atoms. The van der Waals surface area contributed by atoms with Crippen LogP contribution in [0.4, 0.5) is 13.6 Å². The zero-order valence-corrected chi connectivity index (χ0v) is 16.1. The fraction of sp³-hybridized carbons (Fsp3) is 0.160. The third-order valence-corrected chi connectivity index (χ3v) is 5.01. The first kappa shape index (κ1) is 19.7. The Hall–Kier alpha value is -3.65. The van der Waals surface area contributed by atoms with Gasteiger partial charge in [-0.05, 0) is 40.5 Å². The Morgan fingerprint density at radius 2 is 1.63 bits per heavy atom. The maximum Gasteiger partial charge on any atom is 0.407 e. The predicted molar refractivity (Wildman–Crippen MR) is 111 cm³/mol. The summed E-state index contributed by atoms with van der Waals surface area (Å²) in [5, 5.41) is 2.64. The number of rotatable bonds is 4. The second kappa shape index (κ2) is 8.79. The molecule has 1 aliphatic rings. The first-order valence-corrected chi connectivity index (χ1v) is 9.66. The van der Waals surface area contributed by atoms with Gasteiger partial charge in [-0.3, -0.25) is 0 Å². The molecule has 0 saturated heterocycles. The molecule has 0 atom stereocenters. The van der Waals surface area contributed by atoms with E-state index in [9.17, 15) is 13.6 Å². The third-order valence-electron chi connectivity index (χ3n) is 5.01. The molecule has 0 saturated carbocycles. The number of fused-ring (bicyclic) bond motifs is 3. The SMILES string of the molecule is O=C(NCCC#Cc1cc(F)ccc1F)OCC1c2ccccc2-c2ccccc21. The fourth-order valence-corrected chi connectivity index (χ4v) is 3.63. The summed E-state index contributed by atoms with van der Waals surface area (Å²) in [5.41, 5.74) is 4.63. The molecule has 1 N–H and O–H groups in total.